The van der Waals surface area contributed by atoms with Crippen LogP contribution in [0, 0.1) is 0 Å². The number of allylic oxidation sites excluding steroid dienone is 4. The fourth-order valence-corrected chi connectivity index (χ4v) is 5.01. The maximum atomic E-state index is 8.55. The van der Waals surface area contributed by atoms with E-state index in [-0.39, 0.29) is 88.7 Å². The first-order valence-electron chi connectivity index (χ1n) is 18.0. The van der Waals surface area contributed by atoms with Gasteiger partial charge >= 0.3 is 88.7 Å². The first-order valence-corrected chi connectivity index (χ1v) is 19.5. The molecule has 0 heterocycles. The molecule has 5 nitrogen and oxygen atoms in total. The van der Waals surface area contributed by atoms with E-state index in [2.05, 4.69) is 38.2 Å². The van der Waals surface area contributed by atoms with E-state index in [9.17, 15) is 0 Å². The normalized spacial score (nSPS) is 11.1. The van der Waals surface area contributed by atoms with Gasteiger partial charge in [-0.3, -0.25) is 0 Å². The number of ether oxygens (including phenoxy) is 1. The van der Waals surface area contributed by atoms with Crippen LogP contribution in [0.4, 0.5) is 0 Å². The average Bonchev–Trinajstić information content (AvgIpc) is 2.94. The summed E-state index contributed by atoms with van der Waals surface area (Å²) in [5, 5.41) is 0. The summed E-state index contributed by atoms with van der Waals surface area (Å²) in [6, 6.07) is 0. The van der Waals surface area contributed by atoms with Crippen molar-refractivity contribution in [3.8, 4) is 0 Å². The monoisotopic (exact) mass is 682 g/mol. The number of phosphoric acid groups is 1. The summed E-state index contributed by atoms with van der Waals surface area (Å²) in [5.74, 6) is 0. The van der Waals surface area contributed by atoms with E-state index in [1.807, 2.05) is 0 Å². The minimum absolute atomic E-state index is 0. The van der Waals surface area contributed by atoms with E-state index < -0.39 is 7.82 Å². The molecule has 0 aromatic rings. The van der Waals surface area contributed by atoms with Crippen LogP contribution >= 0.6 is 7.82 Å². The third kappa shape index (κ3) is 69.2. The van der Waals surface area contributed by atoms with Crippen LogP contribution in [-0.2, 0) is 9.30 Å². The SMILES string of the molecule is CCCCCCCC/C=C\CCCCCCCCOCCCCCCCC/C=C\CCCCCCCC.O=P([O-])([O-])[O-].[Na+].[Na+].[Na+]. The van der Waals surface area contributed by atoms with Crippen LogP contribution in [0.2, 0.25) is 0 Å². The summed E-state index contributed by atoms with van der Waals surface area (Å²) in [7, 11) is -5.39. The Hall–Kier alpha value is 2.55. The molecule has 0 bridgehead atoms. The van der Waals surface area contributed by atoms with Gasteiger partial charge in [-0.1, -0.05) is 154 Å². The number of hydrogen-bond acceptors (Lipinski definition) is 5. The first kappa shape index (κ1) is 56.9. The van der Waals surface area contributed by atoms with Gasteiger partial charge in [-0.25, -0.2) is 0 Å². The maximum Gasteiger partial charge on any atom is 1.00 e. The van der Waals surface area contributed by atoms with Crippen molar-refractivity contribution in [3.05, 3.63) is 24.3 Å². The molecule has 0 atom stereocenters. The Kier molecular flexibility index (Phi) is 64.4. The molecule has 0 amide bonds. The summed E-state index contributed by atoms with van der Waals surface area (Å²) >= 11 is 0. The molecule has 0 saturated heterocycles. The van der Waals surface area contributed by atoms with Crippen molar-refractivity contribution in [1.82, 2.24) is 0 Å². The number of rotatable bonds is 32. The summed E-state index contributed by atoms with van der Waals surface area (Å²) in [6.07, 6.45) is 48.1. The van der Waals surface area contributed by atoms with Crippen molar-refractivity contribution in [3.63, 3.8) is 0 Å². The van der Waals surface area contributed by atoms with Crippen molar-refractivity contribution in [2.75, 3.05) is 13.2 Å². The number of unbranched alkanes of at least 4 members (excludes halogenated alkanes) is 24. The van der Waals surface area contributed by atoms with Crippen LogP contribution in [0.5, 0.6) is 0 Å². The summed E-state index contributed by atoms with van der Waals surface area (Å²) in [6.45, 7) is 6.54. The van der Waals surface area contributed by atoms with Gasteiger partial charge in [-0.05, 0) is 64.2 Å². The van der Waals surface area contributed by atoms with Crippen LogP contribution in [-0.4, -0.2) is 13.2 Å². The largest absolute Gasteiger partial charge is 1.00 e. The predicted molar refractivity (Wildman–Crippen MR) is 177 cm³/mol. The van der Waals surface area contributed by atoms with Crippen molar-refractivity contribution in [2.45, 2.75) is 194 Å². The van der Waals surface area contributed by atoms with Crippen molar-refractivity contribution < 1.29 is 113 Å². The quantitative estimate of drug-likeness (QED) is 0.0461. The number of hydrogen-bond donors (Lipinski definition) is 0. The Balaban J connectivity index is -0.000000613. The molecule has 0 fully saturated rings. The molecular formula is C36H70Na3O5P. The van der Waals surface area contributed by atoms with E-state index in [1.54, 1.807) is 0 Å². The molecule has 0 aliphatic carbocycles. The van der Waals surface area contributed by atoms with Crippen molar-refractivity contribution >= 4 is 7.82 Å². The molecule has 9 heteroatoms. The summed E-state index contributed by atoms with van der Waals surface area (Å²) < 4.78 is 14.4. The Morgan fingerprint density at radius 1 is 0.400 bits per heavy atom. The topological polar surface area (TPSA) is 95.5 Å². The minimum atomic E-state index is -5.39. The maximum absolute atomic E-state index is 8.55. The van der Waals surface area contributed by atoms with Crippen LogP contribution in [0.1, 0.15) is 194 Å². The van der Waals surface area contributed by atoms with E-state index in [0.717, 1.165) is 13.2 Å². The molecule has 0 aliphatic heterocycles. The first-order chi connectivity index (χ1) is 20.4. The van der Waals surface area contributed by atoms with Gasteiger partial charge < -0.3 is 24.0 Å². The van der Waals surface area contributed by atoms with Gasteiger partial charge in [0.1, 0.15) is 0 Å². The molecule has 0 aromatic carbocycles. The van der Waals surface area contributed by atoms with Crippen molar-refractivity contribution in [1.29, 1.82) is 0 Å². The molecular weight excluding hydrogens is 612 g/mol. The van der Waals surface area contributed by atoms with E-state index in [4.69, 9.17) is 24.0 Å². The Morgan fingerprint density at radius 3 is 0.844 bits per heavy atom. The third-order valence-corrected chi connectivity index (χ3v) is 7.60. The molecule has 0 aliphatic rings. The van der Waals surface area contributed by atoms with Crippen LogP contribution in [0.15, 0.2) is 24.3 Å². The van der Waals surface area contributed by atoms with Crippen LogP contribution < -0.4 is 103 Å². The molecule has 0 aromatic heterocycles. The average molecular weight is 683 g/mol. The summed E-state index contributed by atoms with van der Waals surface area (Å²) in [4.78, 5) is 25.6. The second-order valence-corrected chi connectivity index (χ2v) is 12.8. The van der Waals surface area contributed by atoms with Crippen LogP contribution in [0.3, 0.4) is 0 Å². The second kappa shape index (κ2) is 50.9. The minimum Gasteiger partial charge on any atom is -0.822 e. The zero-order valence-corrected chi connectivity index (χ0v) is 37.9. The van der Waals surface area contributed by atoms with Gasteiger partial charge in [0.25, 0.3) is 0 Å². The zero-order valence-electron chi connectivity index (χ0n) is 31.0. The standard InChI is InChI=1S/C36H70O.3Na.H3O4P/c1-3-5-7-9-11-13-15-17-19-21-23-25-27-29-31-33-35-37-36-34-32-30-28-26-24-22-20-18-16-14-12-10-8-6-4-2;;;;1-5(2,3)4/h17-20H,3-16,21-36H2,1-2H3;;;;(H3,1,2,3,4)/q;3*+1;/p-3/b19-17-,20-18-;;;;. The van der Waals surface area contributed by atoms with Gasteiger partial charge in [0.2, 0.25) is 0 Å². The molecule has 45 heavy (non-hydrogen) atoms. The van der Waals surface area contributed by atoms with Gasteiger partial charge in [0.15, 0.2) is 0 Å². The van der Waals surface area contributed by atoms with E-state index >= 15 is 0 Å². The molecule has 0 unspecified atom stereocenters. The van der Waals surface area contributed by atoms with Crippen LogP contribution in [0.25, 0.3) is 0 Å². The molecule has 252 valence electrons. The van der Waals surface area contributed by atoms with E-state index in [0.29, 0.717) is 0 Å². The fraction of sp³-hybridized carbons (Fsp3) is 0.889. The summed E-state index contributed by atoms with van der Waals surface area (Å²) in [5.41, 5.74) is 0. The Bertz CT molecular complexity index is 555. The van der Waals surface area contributed by atoms with Gasteiger partial charge in [0.05, 0.1) is 0 Å². The second-order valence-electron chi connectivity index (χ2n) is 11.9. The molecule has 0 spiro atoms. The fourth-order valence-electron chi connectivity index (χ4n) is 5.01. The zero-order chi connectivity index (χ0) is 31.2. The van der Waals surface area contributed by atoms with Gasteiger partial charge in [-0.2, -0.15) is 7.82 Å². The van der Waals surface area contributed by atoms with E-state index in [1.165, 1.54) is 180 Å². The molecule has 0 rings (SSSR count). The predicted octanol–water partition coefficient (Wildman–Crippen LogP) is 1.27. The van der Waals surface area contributed by atoms with Gasteiger partial charge in [0, 0.05) is 13.2 Å². The third-order valence-electron chi connectivity index (χ3n) is 7.60. The van der Waals surface area contributed by atoms with Gasteiger partial charge in [-0.15, -0.1) is 0 Å². The molecule has 0 saturated carbocycles. The molecule has 0 radical (unpaired) electrons. The Labute approximate surface area is 347 Å². The van der Waals surface area contributed by atoms with Crippen molar-refractivity contribution in [2.24, 2.45) is 0 Å². The molecule has 0 N–H and O–H groups in total. The smallest absolute Gasteiger partial charge is 0.822 e. The Morgan fingerprint density at radius 2 is 0.600 bits per heavy atom.